The predicted molar refractivity (Wildman–Crippen MR) is 113 cm³/mol. The summed E-state index contributed by atoms with van der Waals surface area (Å²) in [6.45, 7) is 10.6. The van der Waals surface area contributed by atoms with Crippen molar-refractivity contribution in [2.75, 3.05) is 11.1 Å². The van der Waals surface area contributed by atoms with E-state index in [0.29, 0.717) is 17.0 Å². The first kappa shape index (κ1) is 20.0. The molecule has 2 heterocycles. The molecule has 1 aromatic heterocycles. The molecule has 0 spiro atoms. The summed E-state index contributed by atoms with van der Waals surface area (Å²) in [5.41, 5.74) is 5.04. The lowest BCUT2D eigenvalue weighted by Gasteiger charge is -2.14. The highest BCUT2D eigenvalue weighted by Crippen LogP contribution is 2.34. The summed E-state index contributed by atoms with van der Waals surface area (Å²) in [7, 11) is 0. The summed E-state index contributed by atoms with van der Waals surface area (Å²) in [6.07, 6.45) is 0.807. The maximum atomic E-state index is 12.7. The van der Waals surface area contributed by atoms with Gasteiger partial charge in [0, 0.05) is 23.9 Å². The molecule has 0 bridgehead atoms. The van der Waals surface area contributed by atoms with Crippen LogP contribution in [0.4, 0.5) is 5.69 Å². The number of nitrogens with one attached hydrogen (secondary N) is 1. The molecule has 7 heteroatoms. The van der Waals surface area contributed by atoms with E-state index in [0.717, 1.165) is 33.8 Å². The van der Waals surface area contributed by atoms with Gasteiger partial charge in [-0.05, 0) is 38.8 Å². The van der Waals surface area contributed by atoms with Crippen LogP contribution in [-0.4, -0.2) is 26.5 Å². The van der Waals surface area contributed by atoms with Crippen LogP contribution in [0.2, 0.25) is 0 Å². The van der Waals surface area contributed by atoms with Gasteiger partial charge in [0.15, 0.2) is 5.16 Å². The summed E-state index contributed by atoms with van der Waals surface area (Å²) in [5, 5.41) is 4.01. The Morgan fingerprint density at radius 1 is 1.33 bits per heavy atom. The van der Waals surface area contributed by atoms with Crippen molar-refractivity contribution in [3.63, 3.8) is 0 Å². The Balaban J connectivity index is 1.76. The maximum absolute atomic E-state index is 12.7. The highest BCUT2D eigenvalue weighted by atomic mass is 32.2. The average molecular weight is 404 g/mol. The van der Waals surface area contributed by atoms with E-state index in [4.69, 9.17) is 0 Å². The number of benzene rings is 1. The van der Waals surface area contributed by atoms with Crippen LogP contribution in [-0.2, 0) is 17.8 Å². The second-order valence-corrected chi connectivity index (χ2v) is 9.35. The number of nitrogens with zero attached hydrogens (tertiary/aromatic N) is 2. The number of hydrogen-bond acceptors (Lipinski definition) is 5. The monoisotopic (exact) mass is 403 g/mol. The minimum absolute atomic E-state index is 0.0185. The van der Waals surface area contributed by atoms with E-state index >= 15 is 0 Å². The fourth-order valence-electron chi connectivity index (χ4n) is 3.40. The molecule has 1 N–H and O–H groups in total. The third kappa shape index (κ3) is 4.24. The number of anilines is 1. The van der Waals surface area contributed by atoms with Crippen molar-refractivity contribution >= 4 is 35.1 Å². The van der Waals surface area contributed by atoms with Gasteiger partial charge in [-0.2, -0.15) is 0 Å². The van der Waals surface area contributed by atoms with Gasteiger partial charge in [-0.3, -0.25) is 14.2 Å². The lowest BCUT2D eigenvalue weighted by molar-refractivity contribution is -0.113. The molecular formula is C20H25N3O2S2. The SMILES string of the molecule is CCn1c(SCC(=O)Nc2c(C)cc(C)cc2C)nc2c(c1=O)SC(C)C2. The zero-order chi connectivity index (χ0) is 19.7. The molecule has 3 rings (SSSR count). The van der Waals surface area contributed by atoms with Gasteiger partial charge in [-0.1, -0.05) is 36.4 Å². The smallest absolute Gasteiger partial charge is 0.268 e. The summed E-state index contributed by atoms with van der Waals surface area (Å²) < 4.78 is 1.67. The van der Waals surface area contributed by atoms with Gasteiger partial charge in [0.05, 0.1) is 16.3 Å². The first-order chi connectivity index (χ1) is 12.8. The molecule has 5 nitrogen and oxygen atoms in total. The highest BCUT2D eigenvalue weighted by Gasteiger charge is 2.26. The molecule has 1 aromatic carbocycles. The van der Waals surface area contributed by atoms with Crippen molar-refractivity contribution in [3.05, 3.63) is 44.9 Å². The van der Waals surface area contributed by atoms with Crippen LogP contribution in [0.1, 0.15) is 36.2 Å². The van der Waals surface area contributed by atoms with E-state index < -0.39 is 0 Å². The minimum Gasteiger partial charge on any atom is -0.325 e. The van der Waals surface area contributed by atoms with E-state index in [1.165, 1.54) is 17.3 Å². The Kier molecular flexibility index (Phi) is 6.01. The molecule has 144 valence electrons. The number of aryl methyl sites for hydroxylation is 3. The van der Waals surface area contributed by atoms with Crippen LogP contribution >= 0.6 is 23.5 Å². The van der Waals surface area contributed by atoms with Gasteiger partial charge in [-0.25, -0.2) is 4.98 Å². The second kappa shape index (κ2) is 8.10. The normalized spacial score (nSPS) is 15.7. The number of carbonyl (C=O) groups excluding carboxylic acids is 1. The van der Waals surface area contributed by atoms with Crippen LogP contribution < -0.4 is 10.9 Å². The zero-order valence-electron chi connectivity index (χ0n) is 16.4. The van der Waals surface area contributed by atoms with Crippen molar-refractivity contribution in [2.45, 2.75) is 62.9 Å². The first-order valence-electron chi connectivity index (χ1n) is 9.11. The quantitative estimate of drug-likeness (QED) is 0.605. The van der Waals surface area contributed by atoms with Crippen LogP contribution in [0, 0.1) is 20.8 Å². The lowest BCUT2D eigenvalue weighted by Crippen LogP contribution is -2.25. The van der Waals surface area contributed by atoms with Gasteiger partial charge >= 0.3 is 0 Å². The number of aromatic nitrogens is 2. The molecule has 1 unspecified atom stereocenters. The summed E-state index contributed by atoms with van der Waals surface area (Å²) >= 11 is 2.93. The fraction of sp³-hybridized carbons (Fsp3) is 0.450. The van der Waals surface area contributed by atoms with Crippen molar-refractivity contribution in [3.8, 4) is 0 Å². The zero-order valence-corrected chi connectivity index (χ0v) is 18.0. The molecule has 0 saturated carbocycles. The Morgan fingerprint density at radius 2 is 2.00 bits per heavy atom. The Bertz CT molecular complexity index is 930. The predicted octanol–water partition coefficient (Wildman–Crippen LogP) is 3.96. The second-order valence-electron chi connectivity index (χ2n) is 6.96. The van der Waals surface area contributed by atoms with Crippen molar-refractivity contribution in [2.24, 2.45) is 0 Å². The number of thioether (sulfide) groups is 2. The third-order valence-electron chi connectivity index (χ3n) is 4.55. The summed E-state index contributed by atoms with van der Waals surface area (Å²) in [5.74, 6) is 0.135. The molecule has 0 saturated heterocycles. The maximum Gasteiger partial charge on any atom is 0.268 e. The molecule has 0 radical (unpaired) electrons. The van der Waals surface area contributed by atoms with E-state index in [1.807, 2.05) is 27.7 Å². The highest BCUT2D eigenvalue weighted by molar-refractivity contribution is 8.00. The molecular weight excluding hydrogens is 378 g/mol. The molecule has 27 heavy (non-hydrogen) atoms. The molecule has 0 aliphatic carbocycles. The van der Waals surface area contributed by atoms with Gasteiger partial charge in [0.2, 0.25) is 5.91 Å². The lowest BCUT2D eigenvalue weighted by atomic mass is 10.1. The van der Waals surface area contributed by atoms with E-state index in [1.54, 1.807) is 16.3 Å². The number of fused-ring (bicyclic) bond motifs is 1. The molecule has 1 aliphatic rings. The van der Waals surface area contributed by atoms with Crippen molar-refractivity contribution in [1.82, 2.24) is 9.55 Å². The van der Waals surface area contributed by atoms with Gasteiger partial charge in [0.25, 0.3) is 5.56 Å². The Hall–Kier alpha value is -1.73. The molecule has 2 aromatic rings. The van der Waals surface area contributed by atoms with Crippen LogP contribution in [0.5, 0.6) is 0 Å². The number of hydrogen-bond donors (Lipinski definition) is 1. The van der Waals surface area contributed by atoms with E-state index in [9.17, 15) is 9.59 Å². The minimum atomic E-state index is -0.0878. The van der Waals surface area contributed by atoms with Crippen LogP contribution in [0.25, 0.3) is 0 Å². The number of amides is 1. The van der Waals surface area contributed by atoms with E-state index in [2.05, 4.69) is 29.4 Å². The first-order valence-corrected chi connectivity index (χ1v) is 11.0. The molecule has 1 atom stereocenters. The third-order valence-corrected chi connectivity index (χ3v) is 6.74. The topological polar surface area (TPSA) is 64.0 Å². The van der Waals surface area contributed by atoms with Gasteiger partial charge in [-0.15, -0.1) is 11.8 Å². The standard InChI is InChI=1S/C20H25N3O2S2/c1-6-23-19(25)18-15(9-14(5)27-18)21-20(23)26-10-16(24)22-17-12(3)7-11(2)8-13(17)4/h7-8,14H,6,9-10H2,1-5H3,(H,22,24). The number of carbonyl (C=O) groups is 1. The summed E-state index contributed by atoms with van der Waals surface area (Å²) in [6, 6.07) is 4.12. The van der Waals surface area contributed by atoms with Gasteiger partial charge in [0.1, 0.15) is 0 Å². The van der Waals surface area contributed by atoms with Gasteiger partial charge < -0.3 is 5.32 Å². The van der Waals surface area contributed by atoms with E-state index in [-0.39, 0.29) is 17.2 Å². The van der Waals surface area contributed by atoms with Crippen molar-refractivity contribution < 1.29 is 4.79 Å². The Labute approximate surface area is 168 Å². The van der Waals surface area contributed by atoms with Crippen LogP contribution in [0.3, 0.4) is 0 Å². The summed E-state index contributed by atoms with van der Waals surface area (Å²) in [4.78, 5) is 30.7. The Morgan fingerprint density at radius 3 is 2.63 bits per heavy atom. The molecule has 1 amide bonds. The fourth-order valence-corrected chi connectivity index (χ4v) is 5.40. The molecule has 0 fully saturated rings. The van der Waals surface area contributed by atoms with Crippen LogP contribution in [0.15, 0.2) is 27.0 Å². The number of rotatable bonds is 5. The molecule has 1 aliphatic heterocycles. The van der Waals surface area contributed by atoms with Crippen molar-refractivity contribution in [1.29, 1.82) is 0 Å². The average Bonchev–Trinajstić information content (AvgIpc) is 2.97. The largest absolute Gasteiger partial charge is 0.325 e.